The summed E-state index contributed by atoms with van der Waals surface area (Å²) in [6, 6.07) is 6.11. The summed E-state index contributed by atoms with van der Waals surface area (Å²) in [5.41, 5.74) is 0.742. The van der Waals surface area contributed by atoms with E-state index in [1.54, 1.807) is 24.3 Å². The van der Waals surface area contributed by atoms with Gasteiger partial charge in [0.1, 0.15) is 0 Å². The van der Waals surface area contributed by atoms with E-state index in [0.29, 0.717) is 17.5 Å². The first-order valence-corrected chi connectivity index (χ1v) is 7.19. The van der Waals surface area contributed by atoms with Gasteiger partial charge in [0, 0.05) is 26.1 Å². The molecule has 0 atom stereocenters. The normalized spacial score (nSPS) is 13.0. The third kappa shape index (κ3) is 4.06. The second kappa shape index (κ2) is 7.39. The highest BCUT2D eigenvalue weighted by molar-refractivity contribution is 6.21. The summed E-state index contributed by atoms with van der Waals surface area (Å²) in [4.78, 5) is 47.1. The minimum absolute atomic E-state index is 0.0185. The number of nitrogens with zero attached hydrogens (tertiary/aromatic N) is 1. The van der Waals surface area contributed by atoms with Crippen LogP contribution in [-0.2, 0) is 4.79 Å². The van der Waals surface area contributed by atoms with Gasteiger partial charge in [-0.2, -0.15) is 0 Å². The summed E-state index contributed by atoms with van der Waals surface area (Å²) in [7, 11) is 0. The van der Waals surface area contributed by atoms with Gasteiger partial charge in [-0.15, -0.1) is 0 Å². The predicted octanol–water partition coefficient (Wildman–Crippen LogP) is 0.447. The Labute approximate surface area is 132 Å². The Morgan fingerprint density at radius 2 is 1.57 bits per heavy atom. The Morgan fingerprint density at radius 3 is 2.13 bits per heavy atom. The zero-order valence-corrected chi connectivity index (χ0v) is 12.4. The summed E-state index contributed by atoms with van der Waals surface area (Å²) in [6.07, 6.45) is 0.316. The minimum Gasteiger partial charge on any atom is -0.481 e. The second-order valence-corrected chi connectivity index (χ2v) is 4.99. The summed E-state index contributed by atoms with van der Waals surface area (Å²) in [5.74, 6) is -1.65. The van der Waals surface area contributed by atoms with E-state index < -0.39 is 12.0 Å². The maximum atomic E-state index is 12.1. The van der Waals surface area contributed by atoms with Crippen molar-refractivity contribution in [1.82, 2.24) is 15.5 Å². The molecule has 1 aliphatic heterocycles. The quantitative estimate of drug-likeness (QED) is 0.498. The first kappa shape index (κ1) is 16.5. The van der Waals surface area contributed by atoms with Crippen LogP contribution in [0.2, 0.25) is 0 Å². The lowest BCUT2D eigenvalue weighted by atomic mass is 10.1. The van der Waals surface area contributed by atoms with Crippen molar-refractivity contribution in [3.05, 3.63) is 35.4 Å². The summed E-state index contributed by atoms with van der Waals surface area (Å²) < 4.78 is 0. The van der Waals surface area contributed by atoms with Gasteiger partial charge >= 0.3 is 12.0 Å². The molecule has 1 heterocycles. The lowest BCUT2D eigenvalue weighted by Gasteiger charge is -2.14. The summed E-state index contributed by atoms with van der Waals surface area (Å²) in [6.45, 7) is 0.441. The molecule has 0 unspecified atom stereocenters. The Kier molecular flexibility index (Phi) is 5.29. The molecule has 1 aromatic rings. The van der Waals surface area contributed by atoms with Gasteiger partial charge in [0.05, 0.1) is 11.1 Å². The van der Waals surface area contributed by atoms with Crippen molar-refractivity contribution in [2.24, 2.45) is 0 Å². The smallest absolute Gasteiger partial charge is 0.314 e. The van der Waals surface area contributed by atoms with E-state index in [0.717, 1.165) is 4.90 Å². The van der Waals surface area contributed by atoms with E-state index in [4.69, 9.17) is 5.11 Å². The molecule has 1 aromatic carbocycles. The molecule has 0 saturated heterocycles. The molecular formula is C15H17N3O5. The number of amides is 4. The van der Waals surface area contributed by atoms with Gasteiger partial charge in [0.15, 0.2) is 0 Å². The number of rotatable bonds is 7. The zero-order valence-electron chi connectivity index (χ0n) is 12.4. The average Bonchev–Trinajstić information content (AvgIpc) is 2.77. The third-order valence-corrected chi connectivity index (χ3v) is 3.35. The molecule has 0 bridgehead atoms. The molecule has 0 radical (unpaired) electrons. The maximum absolute atomic E-state index is 12.1. The number of carboxylic acid groups (broad SMARTS) is 1. The summed E-state index contributed by atoms with van der Waals surface area (Å²) in [5, 5.41) is 13.5. The number of carbonyl (C=O) groups is 4. The van der Waals surface area contributed by atoms with E-state index in [1.165, 1.54) is 0 Å². The highest BCUT2D eigenvalue weighted by Gasteiger charge is 2.34. The molecular weight excluding hydrogens is 302 g/mol. The molecule has 4 amide bonds. The largest absolute Gasteiger partial charge is 0.481 e. The highest BCUT2D eigenvalue weighted by atomic mass is 16.4. The molecule has 0 aliphatic carbocycles. The SMILES string of the molecule is O=C(O)CCCNC(=O)NCCN1C(=O)c2ccccc2C1=O. The van der Waals surface area contributed by atoms with Crippen LogP contribution in [-0.4, -0.2) is 53.5 Å². The van der Waals surface area contributed by atoms with Gasteiger partial charge in [0.2, 0.25) is 0 Å². The fraction of sp³-hybridized carbons (Fsp3) is 0.333. The first-order valence-electron chi connectivity index (χ1n) is 7.19. The van der Waals surface area contributed by atoms with Gasteiger partial charge < -0.3 is 15.7 Å². The maximum Gasteiger partial charge on any atom is 0.314 e. The topological polar surface area (TPSA) is 116 Å². The van der Waals surface area contributed by atoms with Crippen LogP contribution in [0, 0.1) is 0 Å². The minimum atomic E-state index is -0.919. The lowest BCUT2D eigenvalue weighted by Crippen LogP contribution is -2.42. The number of carboxylic acids is 1. The Morgan fingerprint density at radius 1 is 1.00 bits per heavy atom. The molecule has 2 rings (SSSR count). The van der Waals surface area contributed by atoms with Crippen molar-refractivity contribution < 1.29 is 24.3 Å². The van der Waals surface area contributed by atoms with Crippen LogP contribution < -0.4 is 10.6 Å². The van der Waals surface area contributed by atoms with Gasteiger partial charge in [-0.1, -0.05) is 12.1 Å². The van der Waals surface area contributed by atoms with Crippen LogP contribution in [0.5, 0.6) is 0 Å². The van der Waals surface area contributed by atoms with Crippen molar-refractivity contribution >= 4 is 23.8 Å². The monoisotopic (exact) mass is 319 g/mol. The highest BCUT2D eigenvalue weighted by Crippen LogP contribution is 2.21. The molecule has 1 aliphatic rings. The molecule has 0 spiro atoms. The van der Waals surface area contributed by atoms with E-state index in [-0.39, 0.29) is 37.9 Å². The molecule has 0 saturated carbocycles. The molecule has 8 heteroatoms. The standard InChI is InChI=1S/C15H17N3O5/c19-12(20)6-3-7-16-15(23)17-8-9-18-13(21)10-4-1-2-5-11(10)14(18)22/h1-2,4-5H,3,6-9H2,(H,19,20)(H2,16,17,23). The number of hydrogen-bond acceptors (Lipinski definition) is 4. The Bertz CT molecular complexity index is 609. The van der Waals surface area contributed by atoms with E-state index in [1.807, 2.05) is 0 Å². The molecule has 8 nitrogen and oxygen atoms in total. The second-order valence-electron chi connectivity index (χ2n) is 4.99. The molecule has 0 aromatic heterocycles. The van der Waals surface area contributed by atoms with Crippen LogP contribution in [0.15, 0.2) is 24.3 Å². The predicted molar refractivity (Wildman–Crippen MR) is 80.1 cm³/mol. The van der Waals surface area contributed by atoms with Crippen LogP contribution in [0.3, 0.4) is 0 Å². The van der Waals surface area contributed by atoms with Crippen LogP contribution in [0.1, 0.15) is 33.6 Å². The number of imide groups is 1. The van der Waals surface area contributed by atoms with Crippen molar-refractivity contribution in [3.63, 3.8) is 0 Å². The molecule has 0 fully saturated rings. The number of aliphatic carboxylic acids is 1. The van der Waals surface area contributed by atoms with Gasteiger partial charge in [0.25, 0.3) is 11.8 Å². The molecule has 122 valence electrons. The van der Waals surface area contributed by atoms with E-state index in [9.17, 15) is 19.2 Å². The lowest BCUT2D eigenvalue weighted by molar-refractivity contribution is -0.137. The van der Waals surface area contributed by atoms with Crippen molar-refractivity contribution in [2.75, 3.05) is 19.6 Å². The van der Waals surface area contributed by atoms with E-state index in [2.05, 4.69) is 10.6 Å². The van der Waals surface area contributed by atoms with Crippen LogP contribution >= 0.6 is 0 Å². The van der Waals surface area contributed by atoms with Crippen LogP contribution in [0.4, 0.5) is 4.79 Å². The van der Waals surface area contributed by atoms with E-state index >= 15 is 0 Å². The number of nitrogens with one attached hydrogen (secondary N) is 2. The van der Waals surface area contributed by atoms with Gasteiger partial charge in [-0.25, -0.2) is 4.79 Å². The third-order valence-electron chi connectivity index (χ3n) is 3.35. The number of urea groups is 1. The number of benzene rings is 1. The Balaban J connectivity index is 1.73. The number of hydrogen-bond donors (Lipinski definition) is 3. The fourth-order valence-electron chi connectivity index (χ4n) is 2.23. The van der Waals surface area contributed by atoms with Crippen molar-refractivity contribution in [1.29, 1.82) is 0 Å². The zero-order chi connectivity index (χ0) is 16.8. The Hall–Kier alpha value is -2.90. The van der Waals surface area contributed by atoms with Crippen LogP contribution in [0.25, 0.3) is 0 Å². The first-order chi connectivity index (χ1) is 11.0. The fourth-order valence-corrected chi connectivity index (χ4v) is 2.23. The number of fused-ring (bicyclic) bond motifs is 1. The number of carbonyl (C=O) groups excluding carboxylic acids is 3. The average molecular weight is 319 g/mol. The summed E-state index contributed by atoms with van der Waals surface area (Å²) >= 11 is 0. The molecule has 23 heavy (non-hydrogen) atoms. The van der Waals surface area contributed by atoms with Gasteiger partial charge in [-0.3, -0.25) is 19.3 Å². The van der Waals surface area contributed by atoms with Crippen molar-refractivity contribution in [3.8, 4) is 0 Å². The molecule has 3 N–H and O–H groups in total. The van der Waals surface area contributed by atoms with Crippen molar-refractivity contribution in [2.45, 2.75) is 12.8 Å². The van der Waals surface area contributed by atoms with Gasteiger partial charge in [-0.05, 0) is 18.6 Å².